The predicted octanol–water partition coefficient (Wildman–Crippen LogP) is 3.36. The van der Waals surface area contributed by atoms with E-state index in [1.54, 1.807) is 0 Å². The second-order valence-corrected chi connectivity index (χ2v) is 3.37. The third kappa shape index (κ3) is 3.13. The maximum absolute atomic E-state index is 5.32. The standard InChI is InChI=1S/C11H18O2/c1-4-9(2)6-5-7-11-10(3)12-8-13-11/h4H,5-8H2,1-3H3/b9-4-. The molecule has 0 amide bonds. The Balaban J connectivity index is 2.23. The summed E-state index contributed by atoms with van der Waals surface area (Å²) in [5.41, 5.74) is 1.44. The zero-order chi connectivity index (χ0) is 9.68. The molecular weight excluding hydrogens is 164 g/mol. The Bertz CT molecular complexity index is 226. The fourth-order valence-corrected chi connectivity index (χ4v) is 1.29. The first kappa shape index (κ1) is 10.2. The summed E-state index contributed by atoms with van der Waals surface area (Å²) in [4.78, 5) is 0. The van der Waals surface area contributed by atoms with Crippen LogP contribution < -0.4 is 0 Å². The van der Waals surface area contributed by atoms with Gasteiger partial charge in [0.1, 0.15) is 11.5 Å². The molecule has 1 heterocycles. The van der Waals surface area contributed by atoms with Crippen LogP contribution >= 0.6 is 0 Å². The number of hydrogen-bond acceptors (Lipinski definition) is 2. The van der Waals surface area contributed by atoms with Gasteiger partial charge in [0.2, 0.25) is 6.79 Å². The smallest absolute Gasteiger partial charge is 0.230 e. The van der Waals surface area contributed by atoms with Crippen molar-refractivity contribution in [3.05, 3.63) is 23.2 Å². The summed E-state index contributed by atoms with van der Waals surface area (Å²) in [5.74, 6) is 1.99. The van der Waals surface area contributed by atoms with Crippen molar-refractivity contribution in [2.24, 2.45) is 0 Å². The third-order valence-electron chi connectivity index (χ3n) is 2.37. The first-order chi connectivity index (χ1) is 6.24. The highest BCUT2D eigenvalue weighted by Crippen LogP contribution is 2.21. The molecule has 0 aromatic heterocycles. The van der Waals surface area contributed by atoms with Crippen LogP contribution in [0.3, 0.4) is 0 Å². The van der Waals surface area contributed by atoms with E-state index < -0.39 is 0 Å². The van der Waals surface area contributed by atoms with E-state index in [1.807, 2.05) is 6.92 Å². The Labute approximate surface area is 80.2 Å². The van der Waals surface area contributed by atoms with E-state index in [1.165, 1.54) is 5.57 Å². The lowest BCUT2D eigenvalue weighted by Gasteiger charge is -2.01. The van der Waals surface area contributed by atoms with Gasteiger partial charge in [0, 0.05) is 6.42 Å². The number of ether oxygens (including phenoxy) is 2. The van der Waals surface area contributed by atoms with Crippen LogP contribution in [-0.4, -0.2) is 6.79 Å². The van der Waals surface area contributed by atoms with Crippen LogP contribution in [0, 0.1) is 0 Å². The summed E-state index contributed by atoms with van der Waals surface area (Å²) in [7, 11) is 0. The van der Waals surface area contributed by atoms with E-state index in [0.717, 1.165) is 30.8 Å². The van der Waals surface area contributed by atoms with E-state index >= 15 is 0 Å². The molecule has 2 heteroatoms. The lowest BCUT2D eigenvalue weighted by atomic mass is 10.1. The van der Waals surface area contributed by atoms with Gasteiger partial charge in [-0.05, 0) is 33.6 Å². The summed E-state index contributed by atoms with van der Waals surface area (Å²) in [5, 5.41) is 0. The number of rotatable bonds is 4. The Hall–Kier alpha value is -0.920. The maximum Gasteiger partial charge on any atom is 0.230 e. The molecule has 0 N–H and O–H groups in total. The van der Waals surface area contributed by atoms with E-state index in [0.29, 0.717) is 6.79 Å². The van der Waals surface area contributed by atoms with E-state index in [9.17, 15) is 0 Å². The second kappa shape index (κ2) is 4.95. The molecule has 13 heavy (non-hydrogen) atoms. The highest BCUT2D eigenvalue weighted by Gasteiger charge is 2.11. The molecule has 2 nitrogen and oxygen atoms in total. The predicted molar refractivity (Wildman–Crippen MR) is 53.0 cm³/mol. The van der Waals surface area contributed by atoms with E-state index in [-0.39, 0.29) is 0 Å². The van der Waals surface area contributed by atoms with Crippen molar-refractivity contribution in [2.45, 2.75) is 40.0 Å². The van der Waals surface area contributed by atoms with Gasteiger partial charge in [0.25, 0.3) is 0 Å². The summed E-state index contributed by atoms with van der Waals surface area (Å²) >= 11 is 0. The van der Waals surface area contributed by atoms with Crippen molar-refractivity contribution >= 4 is 0 Å². The minimum absolute atomic E-state index is 0.407. The van der Waals surface area contributed by atoms with Crippen molar-refractivity contribution in [2.75, 3.05) is 6.79 Å². The number of hydrogen-bond donors (Lipinski definition) is 0. The van der Waals surface area contributed by atoms with E-state index in [2.05, 4.69) is 19.9 Å². The largest absolute Gasteiger partial charge is 0.459 e. The molecule has 0 aromatic rings. The van der Waals surface area contributed by atoms with Crippen molar-refractivity contribution < 1.29 is 9.47 Å². The maximum atomic E-state index is 5.32. The topological polar surface area (TPSA) is 18.5 Å². The van der Waals surface area contributed by atoms with Crippen molar-refractivity contribution in [1.29, 1.82) is 0 Å². The lowest BCUT2D eigenvalue weighted by Crippen LogP contribution is -1.87. The van der Waals surface area contributed by atoms with Gasteiger partial charge >= 0.3 is 0 Å². The van der Waals surface area contributed by atoms with Gasteiger partial charge in [0.05, 0.1) is 0 Å². The fraction of sp³-hybridized carbons (Fsp3) is 0.636. The summed E-state index contributed by atoms with van der Waals surface area (Å²) in [6.45, 7) is 6.61. The Morgan fingerprint density at radius 1 is 1.46 bits per heavy atom. The Morgan fingerprint density at radius 2 is 2.23 bits per heavy atom. The average Bonchev–Trinajstić information content (AvgIpc) is 2.52. The van der Waals surface area contributed by atoms with Gasteiger partial charge in [0.15, 0.2) is 0 Å². The lowest BCUT2D eigenvalue weighted by molar-refractivity contribution is 0.0693. The normalized spacial score (nSPS) is 17.3. The van der Waals surface area contributed by atoms with Gasteiger partial charge in [-0.25, -0.2) is 0 Å². The minimum atomic E-state index is 0.407. The molecule has 1 aliphatic rings. The van der Waals surface area contributed by atoms with Gasteiger partial charge < -0.3 is 9.47 Å². The Kier molecular flexibility index (Phi) is 3.87. The van der Waals surface area contributed by atoms with Crippen molar-refractivity contribution in [3.8, 4) is 0 Å². The van der Waals surface area contributed by atoms with Crippen LogP contribution in [0.25, 0.3) is 0 Å². The van der Waals surface area contributed by atoms with Crippen molar-refractivity contribution in [3.63, 3.8) is 0 Å². The Morgan fingerprint density at radius 3 is 2.77 bits per heavy atom. The molecule has 0 radical (unpaired) electrons. The van der Waals surface area contributed by atoms with Crippen LogP contribution in [0.5, 0.6) is 0 Å². The third-order valence-corrected chi connectivity index (χ3v) is 2.37. The molecule has 74 valence electrons. The molecule has 0 aliphatic carbocycles. The first-order valence-corrected chi connectivity index (χ1v) is 4.81. The zero-order valence-corrected chi connectivity index (χ0v) is 8.72. The van der Waals surface area contributed by atoms with Crippen LogP contribution in [0.15, 0.2) is 23.2 Å². The first-order valence-electron chi connectivity index (χ1n) is 4.81. The SMILES string of the molecule is C/C=C(/C)CCCC1=C(C)OCO1. The molecule has 0 spiro atoms. The highest BCUT2D eigenvalue weighted by molar-refractivity contribution is 5.03. The molecule has 0 fully saturated rings. The molecular formula is C11H18O2. The average molecular weight is 182 g/mol. The summed E-state index contributed by atoms with van der Waals surface area (Å²) < 4.78 is 10.5. The minimum Gasteiger partial charge on any atom is -0.459 e. The quantitative estimate of drug-likeness (QED) is 0.621. The van der Waals surface area contributed by atoms with Gasteiger partial charge in [-0.1, -0.05) is 11.6 Å². The van der Waals surface area contributed by atoms with Crippen LogP contribution in [0.1, 0.15) is 40.0 Å². The molecule has 0 saturated carbocycles. The van der Waals surface area contributed by atoms with Crippen LogP contribution in [0.2, 0.25) is 0 Å². The molecule has 0 unspecified atom stereocenters. The van der Waals surface area contributed by atoms with Crippen LogP contribution in [-0.2, 0) is 9.47 Å². The summed E-state index contributed by atoms with van der Waals surface area (Å²) in [6.07, 6.45) is 5.45. The zero-order valence-electron chi connectivity index (χ0n) is 8.72. The molecule has 1 rings (SSSR count). The summed E-state index contributed by atoms with van der Waals surface area (Å²) in [6, 6.07) is 0. The monoisotopic (exact) mass is 182 g/mol. The molecule has 0 atom stereocenters. The van der Waals surface area contributed by atoms with Gasteiger partial charge in [-0.3, -0.25) is 0 Å². The van der Waals surface area contributed by atoms with Gasteiger partial charge in [-0.15, -0.1) is 0 Å². The highest BCUT2D eigenvalue weighted by atomic mass is 16.7. The second-order valence-electron chi connectivity index (χ2n) is 3.37. The van der Waals surface area contributed by atoms with Gasteiger partial charge in [-0.2, -0.15) is 0 Å². The molecule has 1 aliphatic heterocycles. The van der Waals surface area contributed by atoms with Crippen molar-refractivity contribution in [1.82, 2.24) is 0 Å². The van der Waals surface area contributed by atoms with E-state index in [4.69, 9.17) is 9.47 Å². The molecule has 0 saturated heterocycles. The van der Waals surface area contributed by atoms with Crippen LogP contribution in [0.4, 0.5) is 0 Å². The molecule has 0 bridgehead atoms. The number of allylic oxidation sites excluding steroid dienone is 4. The molecule has 0 aromatic carbocycles. The fourth-order valence-electron chi connectivity index (χ4n) is 1.29.